The zero-order chi connectivity index (χ0) is 13.5. The van der Waals surface area contributed by atoms with Crippen molar-refractivity contribution in [3.05, 3.63) is 27.3 Å². The van der Waals surface area contributed by atoms with Crippen molar-refractivity contribution in [2.24, 2.45) is 0 Å². The van der Waals surface area contributed by atoms with E-state index < -0.39 is 0 Å². The summed E-state index contributed by atoms with van der Waals surface area (Å²) in [6, 6.07) is 2.04. The molecule has 4 nitrogen and oxygen atoms in total. The van der Waals surface area contributed by atoms with Gasteiger partial charge in [-0.15, -0.1) is 11.3 Å². The number of halogens is 1. The van der Waals surface area contributed by atoms with Gasteiger partial charge in [-0.2, -0.15) is 0 Å². The van der Waals surface area contributed by atoms with E-state index in [1.165, 1.54) is 0 Å². The molecule has 19 heavy (non-hydrogen) atoms. The highest BCUT2D eigenvalue weighted by Crippen LogP contribution is 2.29. The monoisotopic (exact) mass is 344 g/mol. The third-order valence-electron chi connectivity index (χ3n) is 2.63. The van der Waals surface area contributed by atoms with Crippen molar-refractivity contribution >= 4 is 27.3 Å². The Morgan fingerprint density at radius 1 is 1.47 bits per heavy atom. The molecule has 0 fully saturated rings. The summed E-state index contributed by atoms with van der Waals surface area (Å²) >= 11 is 5.09. The molecule has 1 N–H and O–H groups in total. The topological polar surface area (TPSA) is 47.3 Å². The van der Waals surface area contributed by atoms with Crippen LogP contribution in [0.4, 0.5) is 0 Å². The number of methoxy groups -OCH3 is 1. The maximum atomic E-state index is 5.73. The lowest BCUT2D eigenvalue weighted by molar-refractivity contribution is 0.199. The van der Waals surface area contributed by atoms with Crippen molar-refractivity contribution in [1.82, 2.24) is 10.3 Å². The molecule has 0 aromatic carbocycles. The molecule has 0 aliphatic carbocycles. The molecule has 2 aromatic heterocycles. The van der Waals surface area contributed by atoms with Gasteiger partial charge in [-0.1, -0.05) is 0 Å². The number of nitrogens with one attached hydrogen (secondary N) is 1. The lowest BCUT2D eigenvalue weighted by Gasteiger charge is -2.01. The number of hydrogen-bond acceptors (Lipinski definition) is 5. The maximum Gasteiger partial charge on any atom is 0.194 e. The number of aryl methyl sites for hydroxylation is 1. The van der Waals surface area contributed by atoms with Crippen LogP contribution in [0.3, 0.4) is 0 Å². The van der Waals surface area contributed by atoms with Gasteiger partial charge in [-0.25, -0.2) is 4.98 Å². The molecule has 0 aliphatic heterocycles. The largest absolute Gasteiger partial charge is 0.441 e. The minimum Gasteiger partial charge on any atom is -0.441 e. The Hall–Kier alpha value is -0.690. The number of aromatic nitrogens is 1. The average molecular weight is 345 g/mol. The van der Waals surface area contributed by atoms with E-state index >= 15 is 0 Å². The highest BCUT2D eigenvalue weighted by molar-refractivity contribution is 9.11. The Kier molecular flexibility index (Phi) is 6.03. The molecule has 6 heteroatoms. The quantitative estimate of drug-likeness (QED) is 0.746. The van der Waals surface area contributed by atoms with E-state index in [0.29, 0.717) is 0 Å². The normalized spacial score (nSPS) is 11.1. The van der Waals surface area contributed by atoms with Crippen LogP contribution in [0.25, 0.3) is 11.3 Å². The summed E-state index contributed by atoms with van der Waals surface area (Å²) in [4.78, 5) is 4.31. The zero-order valence-electron chi connectivity index (χ0n) is 10.8. The van der Waals surface area contributed by atoms with Gasteiger partial charge in [0.25, 0.3) is 0 Å². The van der Waals surface area contributed by atoms with Crippen molar-refractivity contribution in [3.8, 4) is 11.3 Å². The van der Waals surface area contributed by atoms with Gasteiger partial charge in [-0.3, -0.25) is 0 Å². The fourth-order valence-electron chi connectivity index (χ4n) is 1.66. The van der Waals surface area contributed by atoms with E-state index in [0.717, 1.165) is 53.5 Å². The summed E-state index contributed by atoms with van der Waals surface area (Å²) in [5.41, 5.74) is 1.08. The Morgan fingerprint density at radius 2 is 2.37 bits per heavy atom. The molecule has 0 aliphatic rings. The SMILES string of the molecule is COCCNCCCc1ncc(-c2csc(Br)c2)o1. The molecule has 0 bridgehead atoms. The molecule has 0 saturated carbocycles. The number of nitrogens with zero attached hydrogens (tertiary/aromatic N) is 1. The van der Waals surface area contributed by atoms with Crippen molar-refractivity contribution in [2.45, 2.75) is 12.8 Å². The Balaban J connectivity index is 1.75. The van der Waals surface area contributed by atoms with Gasteiger partial charge in [0.2, 0.25) is 0 Å². The first-order valence-electron chi connectivity index (χ1n) is 6.18. The molecule has 0 amide bonds. The number of rotatable bonds is 8. The number of hydrogen-bond donors (Lipinski definition) is 1. The van der Waals surface area contributed by atoms with Crippen LogP contribution in [0, 0.1) is 0 Å². The highest BCUT2D eigenvalue weighted by atomic mass is 79.9. The van der Waals surface area contributed by atoms with Crippen molar-refractivity contribution in [1.29, 1.82) is 0 Å². The first-order valence-corrected chi connectivity index (χ1v) is 7.85. The van der Waals surface area contributed by atoms with E-state index in [1.807, 2.05) is 6.07 Å². The fraction of sp³-hybridized carbons (Fsp3) is 0.462. The molecule has 2 heterocycles. The molecule has 2 aromatic rings. The van der Waals surface area contributed by atoms with E-state index in [2.05, 4.69) is 31.6 Å². The molecule has 104 valence electrons. The van der Waals surface area contributed by atoms with Gasteiger partial charge in [0.05, 0.1) is 16.6 Å². The Labute approximate surface area is 125 Å². The first-order chi connectivity index (χ1) is 9.29. The molecule has 0 spiro atoms. The third-order valence-corrected chi connectivity index (χ3v) is 4.14. The van der Waals surface area contributed by atoms with Crippen LogP contribution in [0.5, 0.6) is 0 Å². The van der Waals surface area contributed by atoms with Crippen LogP contribution in [0.2, 0.25) is 0 Å². The van der Waals surface area contributed by atoms with Gasteiger partial charge in [0.15, 0.2) is 11.7 Å². The minimum atomic E-state index is 0.746. The summed E-state index contributed by atoms with van der Waals surface area (Å²) in [5, 5.41) is 5.36. The summed E-state index contributed by atoms with van der Waals surface area (Å²) in [6.45, 7) is 2.58. The van der Waals surface area contributed by atoms with Crippen LogP contribution in [0.15, 0.2) is 25.8 Å². The first kappa shape index (κ1) is 14.7. The van der Waals surface area contributed by atoms with Crippen LogP contribution >= 0.6 is 27.3 Å². The molecule has 0 unspecified atom stereocenters. The number of oxazole rings is 1. The smallest absolute Gasteiger partial charge is 0.194 e. The van der Waals surface area contributed by atoms with Crippen LogP contribution in [0.1, 0.15) is 12.3 Å². The van der Waals surface area contributed by atoms with Gasteiger partial charge in [0.1, 0.15) is 0 Å². The number of ether oxygens (including phenoxy) is 1. The zero-order valence-corrected chi connectivity index (χ0v) is 13.2. The number of thiophene rings is 1. The van der Waals surface area contributed by atoms with E-state index in [-0.39, 0.29) is 0 Å². The van der Waals surface area contributed by atoms with Gasteiger partial charge in [0, 0.05) is 31.0 Å². The molecule has 0 radical (unpaired) electrons. The van der Waals surface area contributed by atoms with E-state index in [9.17, 15) is 0 Å². The summed E-state index contributed by atoms with van der Waals surface area (Å²) in [6.07, 6.45) is 3.66. The maximum absolute atomic E-state index is 5.73. The van der Waals surface area contributed by atoms with Crippen molar-refractivity contribution in [3.63, 3.8) is 0 Å². The standard InChI is InChI=1S/C13H17BrN2O2S/c1-17-6-5-15-4-2-3-13-16-8-11(18-13)10-7-12(14)19-9-10/h7-9,15H,2-6H2,1H3. The molecular weight excluding hydrogens is 328 g/mol. The lowest BCUT2D eigenvalue weighted by atomic mass is 10.3. The summed E-state index contributed by atoms with van der Waals surface area (Å²) in [7, 11) is 1.71. The van der Waals surface area contributed by atoms with Crippen LogP contribution in [-0.2, 0) is 11.2 Å². The fourth-order valence-corrected chi connectivity index (χ4v) is 2.81. The second-order valence-corrected chi connectivity index (χ2v) is 6.39. The molecule has 2 rings (SSSR count). The minimum absolute atomic E-state index is 0.746. The molecule has 0 saturated heterocycles. The second-order valence-electron chi connectivity index (χ2n) is 4.10. The van der Waals surface area contributed by atoms with Crippen LogP contribution in [-0.4, -0.2) is 31.8 Å². The lowest BCUT2D eigenvalue weighted by Crippen LogP contribution is -2.20. The predicted octanol–water partition coefficient (Wildman–Crippen LogP) is 3.33. The third kappa shape index (κ3) is 4.72. The Morgan fingerprint density at radius 3 is 3.11 bits per heavy atom. The predicted molar refractivity (Wildman–Crippen MR) is 80.6 cm³/mol. The van der Waals surface area contributed by atoms with Gasteiger partial charge in [-0.05, 0) is 35.0 Å². The molecular formula is C13H17BrN2O2S. The average Bonchev–Trinajstić information content (AvgIpc) is 3.02. The highest BCUT2D eigenvalue weighted by Gasteiger charge is 2.07. The van der Waals surface area contributed by atoms with Crippen LogP contribution < -0.4 is 5.32 Å². The van der Waals surface area contributed by atoms with Crippen molar-refractivity contribution < 1.29 is 9.15 Å². The van der Waals surface area contributed by atoms with E-state index in [4.69, 9.17) is 9.15 Å². The van der Waals surface area contributed by atoms with Gasteiger partial charge < -0.3 is 14.5 Å². The molecule has 0 atom stereocenters. The summed E-state index contributed by atoms with van der Waals surface area (Å²) in [5.74, 6) is 1.63. The van der Waals surface area contributed by atoms with E-state index in [1.54, 1.807) is 24.6 Å². The second kappa shape index (κ2) is 7.79. The van der Waals surface area contributed by atoms with Gasteiger partial charge >= 0.3 is 0 Å². The summed E-state index contributed by atoms with van der Waals surface area (Å²) < 4.78 is 11.8. The van der Waals surface area contributed by atoms with Crippen molar-refractivity contribution in [2.75, 3.05) is 26.8 Å². The Bertz CT molecular complexity index is 498.